The summed E-state index contributed by atoms with van der Waals surface area (Å²) in [5.74, 6) is 0.907. The zero-order valence-electron chi connectivity index (χ0n) is 9.11. The minimum atomic E-state index is -0.0000690. The van der Waals surface area contributed by atoms with Crippen LogP contribution in [0.1, 0.15) is 22.9 Å². The zero-order valence-corrected chi connectivity index (χ0v) is 10.7. The predicted molar refractivity (Wildman–Crippen MR) is 68.2 cm³/mol. The number of halogens is 1. The molecule has 1 aromatic heterocycles. The van der Waals surface area contributed by atoms with E-state index in [1.165, 1.54) is 5.56 Å². The molecule has 1 atom stereocenters. The van der Waals surface area contributed by atoms with Gasteiger partial charge in [0.05, 0.1) is 6.26 Å². The monoisotopic (exact) mass is 279 g/mol. The molecule has 0 radical (unpaired) electrons. The first kappa shape index (κ1) is 11.4. The van der Waals surface area contributed by atoms with Crippen molar-refractivity contribution in [1.82, 2.24) is 0 Å². The van der Waals surface area contributed by atoms with Crippen molar-refractivity contribution in [2.45, 2.75) is 19.4 Å². The van der Waals surface area contributed by atoms with E-state index in [-0.39, 0.29) is 6.04 Å². The Morgan fingerprint density at radius 1 is 1.25 bits per heavy atom. The van der Waals surface area contributed by atoms with Crippen LogP contribution in [0.2, 0.25) is 0 Å². The summed E-state index contributed by atoms with van der Waals surface area (Å²) in [6.07, 6.45) is 2.51. The first-order valence-corrected chi connectivity index (χ1v) is 6.00. The smallest absolute Gasteiger partial charge is 0.105 e. The summed E-state index contributed by atoms with van der Waals surface area (Å²) >= 11 is 3.42. The number of hydrogen-bond donors (Lipinski definition) is 1. The maximum Gasteiger partial charge on any atom is 0.105 e. The summed E-state index contributed by atoms with van der Waals surface area (Å²) < 4.78 is 6.34. The van der Waals surface area contributed by atoms with Gasteiger partial charge >= 0.3 is 0 Å². The van der Waals surface area contributed by atoms with Crippen LogP contribution in [0.25, 0.3) is 0 Å². The number of furan rings is 1. The third kappa shape index (κ3) is 2.54. The molecule has 84 valence electrons. The van der Waals surface area contributed by atoms with Crippen molar-refractivity contribution < 1.29 is 4.42 Å². The van der Waals surface area contributed by atoms with E-state index in [1.54, 1.807) is 6.26 Å². The Kier molecular flexibility index (Phi) is 3.46. The number of benzene rings is 1. The van der Waals surface area contributed by atoms with Crippen LogP contribution in [0.5, 0.6) is 0 Å². The van der Waals surface area contributed by atoms with Crippen molar-refractivity contribution in [3.05, 3.63) is 58.0 Å². The molecule has 0 aliphatic rings. The van der Waals surface area contributed by atoms with Crippen LogP contribution in [0.3, 0.4) is 0 Å². The highest BCUT2D eigenvalue weighted by Gasteiger charge is 2.11. The van der Waals surface area contributed by atoms with Crippen LogP contribution in [0.4, 0.5) is 0 Å². The lowest BCUT2D eigenvalue weighted by Gasteiger charge is -2.10. The number of rotatable bonds is 3. The largest absolute Gasteiger partial charge is 0.469 e. The highest BCUT2D eigenvalue weighted by molar-refractivity contribution is 9.10. The predicted octanol–water partition coefficient (Wildman–Crippen LogP) is 3.59. The lowest BCUT2D eigenvalue weighted by Crippen LogP contribution is -2.13. The molecule has 1 aromatic carbocycles. The van der Waals surface area contributed by atoms with Crippen molar-refractivity contribution in [3.8, 4) is 0 Å². The molecule has 1 heterocycles. The van der Waals surface area contributed by atoms with E-state index >= 15 is 0 Å². The molecule has 2 aromatic rings. The minimum absolute atomic E-state index is 0.0000690. The first-order chi connectivity index (χ1) is 7.66. The lowest BCUT2D eigenvalue weighted by molar-refractivity contribution is 0.524. The third-order valence-corrected chi connectivity index (χ3v) is 3.20. The number of hydrogen-bond acceptors (Lipinski definition) is 2. The van der Waals surface area contributed by atoms with Gasteiger partial charge in [0.25, 0.3) is 0 Å². The van der Waals surface area contributed by atoms with E-state index in [1.807, 2.05) is 25.1 Å². The third-order valence-electron chi connectivity index (χ3n) is 2.67. The fourth-order valence-corrected chi connectivity index (χ4v) is 2.03. The summed E-state index contributed by atoms with van der Waals surface area (Å²) in [6.45, 7) is 1.94. The highest BCUT2D eigenvalue weighted by Crippen LogP contribution is 2.21. The summed E-state index contributed by atoms with van der Waals surface area (Å²) in [4.78, 5) is 0. The van der Waals surface area contributed by atoms with Gasteiger partial charge in [-0.2, -0.15) is 0 Å². The second-order valence-corrected chi connectivity index (χ2v) is 4.78. The topological polar surface area (TPSA) is 39.2 Å². The summed E-state index contributed by atoms with van der Waals surface area (Å²) in [7, 11) is 0. The van der Waals surface area contributed by atoms with E-state index in [2.05, 4.69) is 28.1 Å². The second-order valence-electron chi connectivity index (χ2n) is 3.87. The summed E-state index contributed by atoms with van der Waals surface area (Å²) in [5, 5.41) is 0. The van der Waals surface area contributed by atoms with Crippen LogP contribution in [-0.2, 0) is 6.42 Å². The van der Waals surface area contributed by atoms with Gasteiger partial charge in [0.1, 0.15) is 5.76 Å². The Bertz CT molecular complexity index is 461. The molecule has 0 spiro atoms. The van der Waals surface area contributed by atoms with Crippen LogP contribution >= 0.6 is 15.9 Å². The normalized spacial score (nSPS) is 12.7. The summed E-state index contributed by atoms with van der Waals surface area (Å²) in [6, 6.07) is 10.2. The van der Waals surface area contributed by atoms with Gasteiger partial charge in [-0.05, 0) is 37.1 Å². The fraction of sp³-hybridized carbons (Fsp3) is 0.231. The minimum Gasteiger partial charge on any atom is -0.469 e. The second kappa shape index (κ2) is 4.85. The van der Waals surface area contributed by atoms with E-state index in [9.17, 15) is 0 Å². The van der Waals surface area contributed by atoms with Gasteiger partial charge in [-0.1, -0.05) is 28.1 Å². The Hall–Kier alpha value is -1.06. The van der Waals surface area contributed by atoms with Crippen LogP contribution in [0.15, 0.2) is 45.5 Å². The average molecular weight is 280 g/mol. The van der Waals surface area contributed by atoms with Gasteiger partial charge < -0.3 is 10.2 Å². The number of aryl methyl sites for hydroxylation is 1. The van der Waals surface area contributed by atoms with Gasteiger partial charge in [-0.15, -0.1) is 0 Å². The van der Waals surface area contributed by atoms with Crippen molar-refractivity contribution in [2.75, 3.05) is 0 Å². The van der Waals surface area contributed by atoms with Crippen LogP contribution in [0, 0.1) is 6.92 Å². The standard InChI is InChI=1S/C13H14BrNO/c1-9-12(6-7-16-9)13(15)8-10-2-4-11(14)5-3-10/h2-7,13H,8,15H2,1H3. The molecule has 2 rings (SSSR count). The molecule has 0 bridgehead atoms. The van der Waals surface area contributed by atoms with Gasteiger partial charge in [0, 0.05) is 16.1 Å². The van der Waals surface area contributed by atoms with Crippen LogP contribution < -0.4 is 5.73 Å². The van der Waals surface area contributed by atoms with E-state index in [0.717, 1.165) is 22.2 Å². The zero-order chi connectivity index (χ0) is 11.5. The maximum absolute atomic E-state index is 6.14. The Balaban J connectivity index is 2.10. The van der Waals surface area contributed by atoms with E-state index in [0.29, 0.717) is 0 Å². The quantitative estimate of drug-likeness (QED) is 0.933. The molecular weight excluding hydrogens is 266 g/mol. The molecule has 0 aliphatic heterocycles. The van der Waals surface area contributed by atoms with Gasteiger partial charge in [-0.25, -0.2) is 0 Å². The van der Waals surface area contributed by atoms with Crippen molar-refractivity contribution >= 4 is 15.9 Å². The molecule has 1 unspecified atom stereocenters. The molecule has 16 heavy (non-hydrogen) atoms. The molecule has 0 amide bonds. The maximum atomic E-state index is 6.14. The van der Waals surface area contributed by atoms with Gasteiger partial charge in [-0.3, -0.25) is 0 Å². The molecule has 2 N–H and O–H groups in total. The van der Waals surface area contributed by atoms with Gasteiger partial charge in [0.15, 0.2) is 0 Å². The molecule has 0 saturated carbocycles. The first-order valence-electron chi connectivity index (χ1n) is 5.21. The lowest BCUT2D eigenvalue weighted by atomic mass is 10.0. The van der Waals surface area contributed by atoms with E-state index < -0.39 is 0 Å². The molecular formula is C13H14BrNO. The van der Waals surface area contributed by atoms with Gasteiger partial charge in [0.2, 0.25) is 0 Å². The fourth-order valence-electron chi connectivity index (χ4n) is 1.76. The molecule has 3 heteroatoms. The molecule has 0 fully saturated rings. The Labute approximate surface area is 104 Å². The molecule has 0 saturated heterocycles. The van der Waals surface area contributed by atoms with Crippen molar-refractivity contribution in [3.63, 3.8) is 0 Å². The SMILES string of the molecule is Cc1occc1C(N)Cc1ccc(Br)cc1. The highest BCUT2D eigenvalue weighted by atomic mass is 79.9. The van der Waals surface area contributed by atoms with Crippen molar-refractivity contribution in [1.29, 1.82) is 0 Å². The molecule has 0 aliphatic carbocycles. The van der Waals surface area contributed by atoms with Crippen molar-refractivity contribution in [2.24, 2.45) is 5.73 Å². The van der Waals surface area contributed by atoms with E-state index in [4.69, 9.17) is 10.2 Å². The molecule has 2 nitrogen and oxygen atoms in total. The summed E-state index contributed by atoms with van der Waals surface area (Å²) in [5.41, 5.74) is 8.46. The average Bonchev–Trinajstić information content (AvgIpc) is 2.68. The number of nitrogens with two attached hydrogens (primary N) is 1. The Morgan fingerprint density at radius 3 is 2.50 bits per heavy atom. The van der Waals surface area contributed by atoms with Crippen LogP contribution in [-0.4, -0.2) is 0 Å². The Morgan fingerprint density at radius 2 is 1.94 bits per heavy atom.